The van der Waals surface area contributed by atoms with Crippen LogP contribution in [0.2, 0.25) is 5.02 Å². The lowest BCUT2D eigenvalue weighted by Gasteiger charge is -2.22. The fourth-order valence-corrected chi connectivity index (χ4v) is 3.63. The summed E-state index contributed by atoms with van der Waals surface area (Å²) in [7, 11) is 4.06. The third-order valence-corrected chi connectivity index (χ3v) is 5.03. The second-order valence-corrected chi connectivity index (χ2v) is 7.44. The molecule has 2 aromatic heterocycles. The summed E-state index contributed by atoms with van der Waals surface area (Å²) in [5, 5.41) is 4.13. The first-order chi connectivity index (χ1) is 13.1. The van der Waals surface area contributed by atoms with Gasteiger partial charge >= 0.3 is 0 Å². The lowest BCUT2D eigenvalue weighted by Crippen LogP contribution is -2.38. The summed E-state index contributed by atoms with van der Waals surface area (Å²) in [6, 6.07) is 6.20. The van der Waals surface area contributed by atoms with Gasteiger partial charge in [-0.2, -0.15) is 0 Å². The van der Waals surface area contributed by atoms with Crippen molar-refractivity contribution in [1.29, 1.82) is 0 Å². The van der Waals surface area contributed by atoms with Crippen molar-refractivity contribution in [2.24, 2.45) is 12.0 Å². The normalized spacial score (nSPS) is 14.7. The second kappa shape index (κ2) is 9.13. The third-order valence-electron chi connectivity index (χ3n) is 4.82. The molecule has 2 aromatic rings. The number of aromatic nitrogens is 2. The molecule has 0 bridgehead atoms. The SMILES string of the molecule is CCNC(=NCc1ccnc(N2CCCC2)c1)N(C)Cc1cc(Cl)cn1C. The zero-order valence-electron chi connectivity index (χ0n) is 16.5. The highest BCUT2D eigenvalue weighted by atomic mass is 35.5. The molecule has 3 rings (SSSR count). The van der Waals surface area contributed by atoms with E-state index in [0.29, 0.717) is 6.54 Å². The first-order valence-electron chi connectivity index (χ1n) is 9.57. The van der Waals surface area contributed by atoms with Crippen molar-refractivity contribution in [2.75, 3.05) is 31.6 Å². The number of rotatable bonds is 6. The molecule has 0 radical (unpaired) electrons. The molecule has 1 N–H and O–H groups in total. The number of halogens is 1. The van der Waals surface area contributed by atoms with Gasteiger partial charge in [0, 0.05) is 51.8 Å². The van der Waals surface area contributed by atoms with Crippen LogP contribution >= 0.6 is 11.6 Å². The van der Waals surface area contributed by atoms with Gasteiger partial charge in [-0.1, -0.05) is 11.6 Å². The maximum Gasteiger partial charge on any atom is 0.194 e. The minimum absolute atomic E-state index is 0.629. The van der Waals surface area contributed by atoms with Crippen LogP contribution in [-0.4, -0.2) is 47.1 Å². The summed E-state index contributed by atoms with van der Waals surface area (Å²) in [5.41, 5.74) is 2.32. The van der Waals surface area contributed by atoms with E-state index in [2.05, 4.69) is 33.1 Å². The van der Waals surface area contributed by atoms with Crippen molar-refractivity contribution in [3.05, 3.63) is 46.9 Å². The molecule has 0 saturated carbocycles. The molecule has 0 spiro atoms. The quantitative estimate of drug-likeness (QED) is 0.609. The Morgan fingerprint density at radius 2 is 2.11 bits per heavy atom. The van der Waals surface area contributed by atoms with Crippen molar-refractivity contribution in [3.63, 3.8) is 0 Å². The van der Waals surface area contributed by atoms with Crippen LogP contribution in [0.5, 0.6) is 0 Å². The van der Waals surface area contributed by atoms with Gasteiger partial charge in [-0.3, -0.25) is 0 Å². The number of nitrogens with one attached hydrogen (secondary N) is 1. The molecule has 1 aliphatic heterocycles. The van der Waals surface area contributed by atoms with Crippen LogP contribution in [0.15, 0.2) is 35.6 Å². The minimum Gasteiger partial charge on any atom is -0.357 e. The van der Waals surface area contributed by atoms with E-state index >= 15 is 0 Å². The third kappa shape index (κ3) is 5.16. The van der Waals surface area contributed by atoms with Gasteiger partial charge in [0.25, 0.3) is 0 Å². The van der Waals surface area contributed by atoms with Crippen LogP contribution in [0.1, 0.15) is 31.0 Å². The fraction of sp³-hybridized carbons (Fsp3) is 0.500. The van der Waals surface area contributed by atoms with E-state index in [1.165, 1.54) is 18.4 Å². The first-order valence-corrected chi connectivity index (χ1v) is 9.94. The Bertz CT molecular complexity index is 779. The molecule has 7 heteroatoms. The summed E-state index contributed by atoms with van der Waals surface area (Å²) in [5.74, 6) is 1.95. The highest BCUT2D eigenvalue weighted by molar-refractivity contribution is 6.30. The van der Waals surface area contributed by atoms with Crippen LogP contribution in [0, 0.1) is 0 Å². The van der Waals surface area contributed by atoms with Gasteiger partial charge in [-0.05, 0) is 43.5 Å². The molecule has 1 fully saturated rings. The molecule has 146 valence electrons. The van der Waals surface area contributed by atoms with Gasteiger partial charge in [0.15, 0.2) is 5.96 Å². The van der Waals surface area contributed by atoms with Crippen LogP contribution in [0.25, 0.3) is 0 Å². The molecular weight excluding hydrogens is 360 g/mol. The Labute approximate surface area is 166 Å². The maximum absolute atomic E-state index is 6.10. The number of nitrogens with zero attached hydrogens (tertiary/aromatic N) is 5. The molecule has 1 aliphatic rings. The highest BCUT2D eigenvalue weighted by Crippen LogP contribution is 2.19. The van der Waals surface area contributed by atoms with E-state index in [4.69, 9.17) is 16.6 Å². The molecule has 0 amide bonds. The van der Waals surface area contributed by atoms with Gasteiger partial charge in [-0.15, -0.1) is 0 Å². The van der Waals surface area contributed by atoms with Crippen LogP contribution < -0.4 is 10.2 Å². The first kappa shape index (κ1) is 19.5. The second-order valence-electron chi connectivity index (χ2n) is 7.00. The average Bonchev–Trinajstić information content (AvgIpc) is 3.29. The molecule has 0 aliphatic carbocycles. The summed E-state index contributed by atoms with van der Waals surface area (Å²) >= 11 is 6.10. The van der Waals surface area contributed by atoms with E-state index < -0.39 is 0 Å². The highest BCUT2D eigenvalue weighted by Gasteiger charge is 2.14. The number of aliphatic imine (C=N–C) groups is 1. The lowest BCUT2D eigenvalue weighted by atomic mass is 10.2. The lowest BCUT2D eigenvalue weighted by molar-refractivity contribution is 0.462. The predicted octanol–water partition coefficient (Wildman–Crippen LogP) is 3.27. The Morgan fingerprint density at radius 3 is 2.78 bits per heavy atom. The van der Waals surface area contributed by atoms with Crippen LogP contribution in [0.3, 0.4) is 0 Å². The number of pyridine rings is 1. The standard InChI is InChI=1S/C20H29ClN6/c1-4-22-20(26(3)15-18-12-17(21)14-25(18)2)24-13-16-7-8-23-19(11-16)27-9-5-6-10-27/h7-8,11-12,14H,4-6,9-10,13,15H2,1-3H3,(H,22,24). The van der Waals surface area contributed by atoms with E-state index in [1.807, 2.05) is 43.2 Å². The average molecular weight is 389 g/mol. The Morgan fingerprint density at radius 1 is 1.33 bits per heavy atom. The molecule has 6 nitrogen and oxygen atoms in total. The Balaban J connectivity index is 1.69. The topological polar surface area (TPSA) is 48.7 Å². The Hall–Kier alpha value is -2.21. The summed E-state index contributed by atoms with van der Waals surface area (Å²) < 4.78 is 2.05. The smallest absolute Gasteiger partial charge is 0.194 e. The monoisotopic (exact) mass is 388 g/mol. The van der Waals surface area contributed by atoms with E-state index in [-0.39, 0.29) is 0 Å². The van der Waals surface area contributed by atoms with E-state index in [0.717, 1.165) is 48.7 Å². The van der Waals surface area contributed by atoms with Gasteiger partial charge in [0.2, 0.25) is 0 Å². The van der Waals surface area contributed by atoms with Crippen LogP contribution in [0.4, 0.5) is 5.82 Å². The van der Waals surface area contributed by atoms with Gasteiger partial charge in [0.05, 0.1) is 18.1 Å². The summed E-state index contributed by atoms with van der Waals surface area (Å²) in [4.78, 5) is 13.8. The Kier molecular flexibility index (Phi) is 6.61. The van der Waals surface area contributed by atoms with Crippen LogP contribution in [-0.2, 0) is 20.1 Å². The number of aryl methyl sites for hydroxylation is 1. The largest absolute Gasteiger partial charge is 0.357 e. The van der Waals surface area contributed by atoms with Gasteiger partial charge in [-0.25, -0.2) is 9.98 Å². The zero-order chi connectivity index (χ0) is 19.2. The summed E-state index contributed by atoms with van der Waals surface area (Å²) in [6.45, 7) is 6.48. The molecule has 0 unspecified atom stereocenters. The van der Waals surface area contributed by atoms with Crippen molar-refractivity contribution in [1.82, 2.24) is 19.8 Å². The van der Waals surface area contributed by atoms with E-state index in [1.54, 1.807) is 0 Å². The predicted molar refractivity (Wildman–Crippen MR) is 112 cm³/mol. The number of anilines is 1. The maximum atomic E-state index is 6.10. The fourth-order valence-electron chi connectivity index (χ4n) is 3.36. The van der Waals surface area contributed by atoms with Crippen molar-refractivity contribution >= 4 is 23.4 Å². The van der Waals surface area contributed by atoms with Crippen molar-refractivity contribution < 1.29 is 0 Å². The number of hydrogen-bond acceptors (Lipinski definition) is 3. The zero-order valence-corrected chi connectivity index (χ0v) is 17.2. The molecular formula is C20H29ClN6. The number of hydrogen-bond donors (Lipinski definition) is 1. The van der Waals surface area contributed by atoms with E-state index in [9.17, 15) is 0 Å². The molecule has 27 heavy (non-hydrogen) atoms. The summed E-state index contributed by atoms with van der Waals surface area (Å²) in [6.07, 6.45) is 6.32. The molecule has 1 saturated heterocycles. The van der Waals surface area contributed by atoms with Gasteiger partial charge in [0.1, 0.15) is 5.82 Å². The molecule has 0 atom stereocenters. The van der Waals surface area contributed by atoms with Crippen molar-refractivity contribution in [2.45, 2.75) is 32.9 Å². The molecule has 0 aromatic carbocycles. The van der Waals surface area contributed by atoms with Crippen molar-refractivity contribution in [3.8, 4) is 0 Å². The molecule has 3 heterocycles. The van der Waals surface area contributed by atoms with Gasteiger partial charge < -0.3 is 19.7 Å². The number of guanidine groups is 1. The minimum atomic E-state index is 0.629.